The Morgan fingerprint density at radius 1 is 0.958 bits per heavy atom. The minimum Gasteiger partial charge on any atom is -0.324 e. The summed E-state index contributed by atoms with van der Waals surface area (Å²) in [5.41, 5.74) is 3.80. The first-order chi connectivity index (χ1) is 11.9. The Hall–Kier alpha value is -3.15. The van der Waals surface area contributed by atoms with Crippen molar-refractivity contribution in [1.29, 1.82) is 0 Å². The van der Waals surface area contributed by atoms with Crippen LogP contribution in [0.2, 0.25) is 0 Å². The maximum atomic E-state index is 4.54. The van der Waals surface area contributed by atoms with E-state index in [1.165, 1.54) is 0 Å². The Kier molecular flexibility index (Phi) is 3.70. The molecule has 4 aromatic rings. The quantitative estimate of drug-likeness (QED) is 0.528. The predicted octanol–water partition coefficient (Wildman–Crippen LogP) is 4.28. The van der Waals surface area contributed by atoms with Crippen LogP contribution in [-0.4, -0.2) is 19.7 Å². The smallest absolute Gasteiger partial charge is 0.289 e. The first kappa shape index (κ1) is 14.4. The maximum Gasteiger partial charge on any atom is 0.289 e. The molecule has 0 N–H and O–H groups in total. The molecule has 0 fully saturated rings. The molecular weight excluding hydrogens is 300 g/mol. The van der Waals surface area contributed by atoms with Crippen LogP contribution in [0.25, 0.3) is 22.1 Å². The van der Waals surface area contributed by atoms with Gasteiger partial charge in [0.1, 0.15) is 5.52 Å². The van der Waals surface area contributed by atoms with Crippen molar-refractivity contribution in [3.8, 4) is 0 Å². The third-order valence-corrected chi connectivity index (χ3v) is 3.94. The lowest BCUT2D eigenvalue weighted by Gasteiger charge is -2.00. The van der Waals surface area contributed by atoms with E-state index in [2.05, 4.69) is 43.0 Å². The van der Waals surface area contributed by atoms with Crippen LogP contribution in [0.1, 0.15) is 12.5 Å². The summed E-state index contributed by atoms with van der Waals surface area (Å²) < 4.78 is 2.12. The van der Waals surface area contributed by atoms with Gasteiger partial charge in [0.25, 0.3) is 5.95 Å². The van der Waals surface area contributed by atoms with E-state index in [4.69, 9.17) is 0 Å². The highest BCUT2D eigenvalue weighted by molar-refractivity contribution is 6.04. The van der Waals surface area contributed by atoms with Gasteiger partial charge in [-0.05, 0) is 18.6 Å². The van der Waals surface area contributed by atoms with E-state index in [9.17, 15) is 0 Å². The van der Waals surface area contributed by atoms with E-state index in [0.717, 1.165) is 34.2 Å². The Morgan fingerprint density at radius 2 is 1.75 bits per heavy atom. The number of hydrogen-bond acceptors (Lipinski definition) is 5. The van der Waals surface area contributed by atoms with Gasteiger partial charge in [0.15, 0.2) is 5.65 Å². The minimum atomic E-state index is 0.288. The molecule has 6 nitrogen and oxygen atoms in total. The Balaban J connectivity index is 1.71. The van der Waals surface area contributed by atoms with Crippen molar-refractivity contribution in [3.63, 3.8) is 0 Å². The molecule has 0 radical (unpaired) electrons. The second-order valence-electron chi connectivity index (χ2n) is 5.43. The van der Waals surface area contributed by atoms with Crippen LogP contribution in [-0.2, 0) is 13.1 Å². The minimum absolute atomic E-state index is 0.288. The normalized spacial score (nSPS) is 11.7. The summed E-state index contributed by atoms with van der Waals surface area (Å²) in [4.78, 5) is 4.54. The van der Waals surface area contributed by atoms with E-state index in [1.54, 1.807) is 0 Å². The average Bonchev–Trinajstić information content (AvgIpc) is 2.95. The van der Waals surface area contributed by atoms with Gasteiger partial charge in [0.05, 0.1) is 12.1 Å². The highest BCUT2D eigenvalue weighted by Gasteiger charge is 2.13. The number of azo groups is 1. The van der Waals surface area contributed by atoms with Crippen LogP contribution in [0.4, 0.5) is 5.95 Å². The molecule has 0 saturated heterocycles. The summed E-state index contributed by atoms with van der Waals surface area (Å²) in [6.45, 7) is 3.40. The van der Waals surface area contributed by atoms with Crippen molar-refractivity contribution in [2.24, 2.45) is 10.2 Å². The molecule has 2 aromatic carbocycles. The van der Waals surface area contributed by atoms with E-state index >= 15 is 0 Å². The molecule has 6 heteroatoms. The van der Waals surface area contributed by atoms with Gasteiger partial charge in [-0.3, -0.25) is 0 Å². The molecule has 2 heterocycles. The molecule has 0 spiro atoms. The second kappa shape index (κ2) is 6.16. The maximum absolute atomic E-state index is 4.54. The number of aryl methyl sites for hydroxylation is 1. The van der Waals surface area contributed by atoms with Gasteiger partial charge in [-0.1, -0.05) is 48.5 Å². The highest BCUT2D eigenvalue weighted by Crippen LogP contribution is 2.26. The summed E-state index contributed by atoms with van der Waals surface area (Å²) in [5.74, 6) is 0.288. The van der Waals surface area contributed by atoms with E-state index in [1.807, 2.05) is 48.5 Å². The molecule has 0 unspecified atom stereocenters. The van der Waals surface area contributed by atoms with E-state index in [0.29, 0.717) is 6.54 Å². The lowest BCUT2D eigenvalue weighted by molar-refractivity contribution is 0.807. The third-order valence-electron chi connectivity index (χ3n) is 3.94. The standard InChI is InChI=1S/C18H16N6/c1-2-24-15-11-7-6-10-14(15)16-17(24)20-18(23-21-16)22-19-12-13-8-4-3-5-9-13/h3-11H,2,12H2,1H3. The van der Waals surface area contributed by atoms with Crippen LogP contribution in [0.3, 0.4) is 0 Å². The molecule has 0 bridgehead atoms. The lowest BCUT2D eigenvalue weighted by atomic mass is 10.2. The van der Waals surface area contributed by atoms with Crippen molar-refractivity contribution in [1.82, 2.24) is 19.7 Å². The number of rotatable bonds is 4. The van der Waals surface area contributed by atoms with Crippen LogP contribution in [0, 0.1) is 0 Å². The zero-order valence-electron chi connectivity index (χ0n) is 13.3. The second-order valence-corrected chi connectivity index (χ2v) is 5.43. The van der Waals surface area contributed by atoms with E-state index in [-0.39, 0.29) is 5.95 Å². The van der Waals surface area contributed by atoms with Gasteiger partial charge in [-0.2, -0.15) is 10.1 Å². The number of nitrogens with zero attached hydrogens (tertiary/aromatic N) is 6. The Labute approximate surface area is 138 Å². The van der Waals surface area contributed by atoms with Gasteiger partial charge in [0, 0.05) is 11.9 Å². The topological polar surface area (TPSA) is 68.3 Å². The number of benzene rings is 2. The lowest BCUT2D eigenvalue weighted by Crippen LogP contribution is -1.96. The van der Waals surface area contributed by atoms with Gasteiger partial charge in [-0.15, -0.1) is 15.3 Å². The first-order valence-corrected chi connectivity index (χ1v) is 7.90. The van der Waals surface area contributed by atoms with Crippen LogP contribution in [0.15, 0.2) is 64.8 Å². The Bertz CT molecular complexity index is 1020. The molecule has 0 aliphatic carbocycles. The van der Waals surface area contributed by atoms with Crippen LogP contribution >= 0.6 is 0 Å². The van der Waals surface area contributed by atoms with Crippen molar-refractivity contribution in [3.05, 3.63) is 60.2 Å². The fourth-order valence-electron chi connectivity index (χ4n) is 2.82. The van der Waals surface area contributed by atoms with Crippen molar-refractivity contribution >= 4 is 28.0 Å². The highest BCUT2D eigenvalue weighted by atomic mass is 15.3. The number of fused-ring (bicyclic) bond motifs is 3. The fourth-order valence-corrected chi connectivity index (χ4v) is 2.82. The summed E-state index contributed by atoms with van der Waals surface area (Å²) >= 11 is 0. The monoisotopic (exact) mass is 316 g/mol. The zero-order valence-corrected chi connectivity index (χ0v) is 13.3. The number of para-hydroxylation sites is 1. The van der Waals surface area contributed by atoms with Crippen molar-refractivity contribution in [2.45, 2.75) is 20.0 Å². The molecule has 24 heavy (non-hydrogen) atoms. The van der Waals surface area contributed by atoms with Crippen LogP contribution < -0.4 is 0 Å². The zero-order chi connectivity index (χ0) is 16.4. The Morgan fingerprint density at radius 3 is 2.58 bits per heavy atom. The molecule has 0 aliphatic heterocycles. The molecule has 0 saturated carbocycles. The molecule has 0 atom stereocenters. The van der Waals surface area contributed by atoms with Gasteiger partial charge >= 0.3 is 0 Å². The molecule has 0 aliphatic rings. The predicted molar refractivity (Wildman–Crippen MR) is 93.2 cm³/mol. The third kappa shape index (κ3) is 2.52. The molecule has 2 aromatic heterocycles. The summed E-state index contributed by atoms with van der Waals surface area (Å²) in [6, 6.07) is 18.1. The van der Waals surface area contributed by atoms with Gasteiger partial charge < -0.3 is 4.57 Å². The summed E-state index contributed by atoms with van der Waals surface area (Å²) in [5, 5.41) is 17.8. The number of aromatic nitrogens is 4. The van der Waals surface area contributed by atoms with Gasteiger partial charge in [-0.25, -0.2) is 0 Å². The molecular formula is C18H16N6. The molecule has 4 rings (SSSR count). The average molecular weight is 316 g/mol. The van der Waals surface area contributed by atoms with Crippen molar-refractivity contribution < 1.29 is 0 Å². The summed E-state index contributed by atoms with van der Waals surface area (Å²) in [7, 11) is 0. The van der Waals surface area contributed by atoms with Crippen molar-refractivity contribution in [2.75, 3.05) is 0 Å². The van der Waals surface area contributed by atoms with Crippen LogP contribution in [0.5, 0.6) is 0 Å². The first-order valence-electron chi connectivity index (χ1n) is 7.90. The van der Waals surface area contributed by atoms with E-state index < -0.39 is 0 Å². The summed E-state index contributed by atoms with van der Waals surface area (Å²) in [6.07, 6.45) is 0. The van der Waals surface area contributed by atoms with Gasteiger partial charge in [0.2, 0.25) is 0 Å². The fraction of sp³-hybridized carbons (Fsp3) is 0.167. The molecule has 118 valence electrons. The number of hydrogen-bond donors (Lipinski definition) is 0. The SMILES string of the molecule is CCn1c2ccccc2c2nnc(N=NCc3ccccc3)nc21. The molecule has 0 amide bonds. The largest absolute Gasteiger partial charge is 0.324 e.